The van der Waals surface area contributed by atoms with E-state index in [0.717, 1.165) is 6.54 Å². The molecule has 76 valence electrons. The number of hydrogen-bond acceptors (Lipinski definition) is 3. The summed E-state index contributed by atoms with van der Waals surface area (Å²) in [7, 11) is 4.15. The highest BCUT2D eigenvalue weighted by Gasteiger charge is 2.38. The summed E-state index contributed by atoms with van der Waals surface area (Å²) >= 11 is 3.92. The lowest BCUT2D eigenvalue weighted by atomic mass is 9.75. The van der Waals surface area contributed by atoms with Crippen LogP contribution in [0.1, 0.15) is 19.3 Å². The van der Waals surface area contributed by atoms with E-state index in [0.29, 0.717) is 0 Å². The van der Waals surface area contributed by atoms with Crippen molar-refractivity contribution in [2.45, 2.75) is 24.8 Å². The lowest BCUT2D eigenvalue weighted by Crippen LogP contribution is -2.57. The number of amides is 1. The van der Waals surface area contributed by atoms with Gasteiger partial charge in [-0.1, -0.05) is 0 Å². The van der Waals surface area contributed by atoms with Crippen molar-refractivity contribution in [3.8, 4) is 0 Å². The van der Waals surface area contributed by atoms with Gasteiger partial charge in [0, 0.05) is 12.1 Å². The molecule has 13 heavy (non-hydrogen) atoms. The minimum atomic E-state index is 0.0245. The Kier molecular flexibility index (Phi) is 3.62. The quantitative estimate of drug-likeness (QED) is 0.651. The van der Waals surface area contributed by atoms with Gasteiger partial charge in [0.1, 0.15) is 0 Å². The van der Waals surface area contributed by atoms with Gasteiger partial charge in [0.25, 0.3) is 0 Å². The van der Waals surface area contributed by atoms with E-state index in [-0.39, 0.29) is 17.2 Å². The van der Waals surface area contributed by atoms with Gasteiger partial charge in [-0.05, 0) is 33.4 Å². The number of nitrogens with zero attached hydrogens (tertiary/aromatic N) is 1. The largest absolute Gasteiger partial charge is 0.354 e. The van der Waals surface area contributed by atoms with Crippen LogP contribution < -0.4 is 5.32 Å². The first-order valence-electron chi connectivity index (χ1n) is 4.66. The second kappa shape index (κ2) is 4.33. The van der Waals surface area contributed by atoms with Crippen LogP contribution >= 0.6 is 12.6 Å². The maximum Gasteiger partial charge on any atom is 0.229 e. The van der Waals surface area contributed by atoms with Crippen LogP contribution in [0.15, 0.2) is 0 Å². The topological polar surface area (TPSA) is 32.3 Å². The minimum Gasteiger partial charge on any atom is -0.354 e. The van der Waals surface area contributed by atoms with E-state index in [1.54, 1.807) is 0 Å². The van der Waals surface area contributed by atoms with Crippen LogP contribution in [-0.2, 0) is 4.79 Å². The van der Waals surface area contributed by atoms with Crippen LogP contribution in [0.5, 0.6) is 0 Å². The van der Waals surface area contributed by atoms with Gasteiger partial charge in [0.2, 0.25) is 5.91 Å². The number of carbonyl (C=O) groups is 1. The second-order valence-corrected chi connectivity index (χ2v) is 4.22. The SMILES string of the molecule is CN(C)C1(CNC(=O)CS)CCC1. The minimum absolute atomic E-state index is 0.0245. The molecular formula is C9H18N2OS. The van der Waals surface area contributed by atoms with Crippen LogP contribution in [0, 0.1) is 0 Å². The third-order valence-electron chi connectivity index (χ3n) is 2.99. The third kappa shape index (κ3) is 2.38. The molecule has 0 atom stereocenters. The lowest BCUT2D eigenvalue weighted by Gasteiger charge is -2.47. The molecule has 0 aliphatic heterocycles. The number of nitrogens with one attached hydrogen (secondary N) is 1. The van der Waals surface area contributed by atoms with Crippen molar-refractivity contribution < 1.29 is 4.79 Å². The Hall–Kier alpha value is -0.220. The number of carbonyl (C=O) groups excluding carboxylic acids is 1. The van der Waals surface area contributed by atoms with Crippen molar-refractivity contribution in [3.05, 3.63) is 0 Å². The monoisotopic (exact) mass is 202 g/mol. The smallest absolute Gasteiger partial charge is 0.229 e. The number of thiol groups is 1. The van der Waals surface area contributed by atoms with E-state index in [1.165, 1.54) is 19.3 Å². The van der Waals surface area contributed by atoms with Crippen molar-refractivity contribution >= 4 is 18.5 Å². The fourth-order valence-corrected chi connectivity index (χ4v) is 1.80. The Morgan fingerprint density at radius 2 is 2.15 bits per heavy atom. The van der Waals surface area contributed by atoms with Crippen LogP contribution in [0.2, 0.25) is 0 Å². The van der Waals surface area contributed by atoms with E-state index in [1.807, 2.05) is 0 Å². The Morgan fingerprint density at radius 1 is 1.54 bits per heavy atom. The molecule has 0 spiro atoms. The molecular weight excluding hydrogens is 184 g/mol. The summed E-state index contributed by atoms with van der Waals surface area (Å²) in [6.07, 6.45) is 3.65. The molecule has 4 heteroatoms. The average molecular weight is 202 g/mol. The van der Waals surface area contributed by atoms with E-state index in [2.05, 4.69) is 36.9 Å². The van der Waals surface area contributed by atoms with E-state index < -0.39 is 0 Å². The highest BCUT2D eigenvalue weighted by atomic mass is 32.1. The van der Waals surface area contributed by atoms with Gasteiger partial charge in [0.15, 0.2) is 0 Å². The zero-order chi connectivity index (χ0) is 9.90. The normalized spacial score (nSPS) is 19.7. The van der Waals surface area contributed by atoms with Crippen molar-refractivity contribution in [3.63, 3.8) is 0 Å². The van der Waals surface area contributed by atoms with Gasteiger partial charge >= 0.3 is 0 Å². The Bertz CT molecular complexity index is 190. The van der Waals surface area contributed by atoms with Gasteiger partial charge in [-0.2, -0.15) is 12.6 Å². The molecule has 1 saturated carbocycles. The summed E-state index contributed by atoms with van der Waals surface area (Å²) in [4.78, 5) is 13.2. The Balaban J connectivity index is 2.36. The second-order valence-electron chi connectivity index (χ2n) is 3.91. The molecule has 3 nitrogen and oxygen atoms in total. The maximum atomic E-state index is 11.0. The molecule has 0 aromatic rings. The molecule has 0 aromatic carbocycles. The molecule has 1 rings (SSSR count). The lowest BCUT2D eigenvalue weighted by molar-refractivity contribution is -0.119. The summed E-state index contributed by atoms with van der Waals surface area (Å²) in [5.74, 6) is 0.306. The van der Waals surface area contributed by atoms with Crippen LogP contribution in [0.4, 0.5) is 0 Å². The van der Waals surface area contributed by atoms with Crippen molar-refractivity contribution in [1.29, 1.82) is 0 Å². The summed E-state index contributed by atoms with van der Waals surface area (Å²) < 4.78 is 0. The number of likely N-dealkylation sites (N-methyl/N-ethyl adjacent to an activating group) is 1. The standard InChI is InChI=1S/C9H18N2OS/c1-11(2)9(4-3-5-9)7-10-8(12)6-13/h13H,3-7H2,1-2H3,(H,10,12). The molecule has 1 aliphatic rings. The number of rotatable bonds is 4. The molecule has 1 aliphatic carbocycles. The molecule has 1 amide bonds. The summed E-state index contributed by atoms with van der Waals surface area (Å²) in [5, 5.41) is 2.90. The van der Waals surface area contributed by atoms with Crippen LogP contribution in [-0.4, -0.2) is 42.7 Å². The first kappa shape index (κ1) is 10.9. The third-order valence-corrected chi connectivity index (χ3v) is 3.28. The van der Waals surface area contributed by atoms with Crippen molar-refractivity contribution in [1.82, 2.24) is 10.2 Å². The van der Waals surface area contributed by atoms with Crippen LogP contribution in [0.3, 0.4) is 0 Å². The first-order valence-corrected chi connectivity index (χ1v) is 5.29. The van der Waals surface area contributed by atoms with Crippen LogP contribution in [0.25, 0.3) is 0 Å². The predicted octanol–water partition coefficient (Wildman–Crippen LogP) is 0.517. The molecule has 0 bridgehead atoms. The summed E-state index contributed by atoms with van der Waals surface area (Å²) in [6, 6.07) is 0. The molecule has 1 fully saturated rings. The molecule has 0 unspecified atom stereocenters. The molecule has 1 N–H and O–H groups in total. The zero-order valence-corrected chi connectivity index (χ0v) is 9.23. The fourth-order valence-electron chi connectivity index (χ4n) is 1.69. The molecule has 0 saturated heterocycles. The van der Waals surface area contributed by atoms with Crippen molar-refractivity contribution in [2.24, 2.45) is 0 Å². The van der Waals surface area contributed by atoms with Gasteiger partial charge in [-0.3, -0.25) is 4.79 Å². The number of hydrogen-bond donors (Lipinski definition) is 2. The first-order chi connectivity index (χ1) is 6.10. The zero-order valence-electron chi connectivity index (χ0n) is 8.34. The summed E-state index contributed by atoms with van der Waals surface area (Å²) in [5.41, 5.74) is 0.221. The fraction of sp³-hybridized carbons (Fsp3) is 0.889. The maximum absolute atomic E-state index is 11.0. The van der Waals surface area contributed by atoms with E-state index in [4.69, 9.17) is 0 Å². The van der Waals surface area contributed by atoms with E-state index >= 15 is 0 Å². The molecule has 0 heterocycles. The van der Waals surface area contributed by atoms with Gasteiger partial charge in [-0.25, -0.2) is 0 Å². The summed E-state index contributed by atoms with van der Waals surface area (Å²) in [6.45, 7) is 0.763. The Morgan fingerprint density at radius 3 is 2.46 bits per heavy atom. The predicted molar refractivity (Wildman–Crippen MR) is 57.1 cm³/mol. The molecule has 0 radical (unpaired) electrons. The van der Waals surface area contributed by atoms with Gasteiger partial charge < -0.3 is 10.2 Å². The van der Waals surface area contributed by atoms with Gasteiger partial charge in [-0.15, -0.1) is 0 Å². The van der Waals surface area contributed by atoms with E-state index in [9.17, 15) is 4.79 Å². The average Bonchev–Trinajstić information content (AvgIpc) is 2.01. The van der Waals surface area contributed by atoms with Gasteiger partial charge in [0.05, 0.1) is 5.75 Å². The highest BCUT2D eigenvalue weighted by Crippen LogP contribution is 2.35. The van der Waals surface area contributed by atoms with Crippen molar-refractivity contribution in [2.75, 3.05) is 26.4 Å². The highest BCUT2D eigenvalue weighted by molar-refractivity contribution is 7.81. The Labute approximate surface area is 85.3 Å². The molecule has 0 aromatic heterocycles.